The highest BCUT2D eigenvalue weighted by Gasteiger charge is 2.14. The lowest BCUT2D eigenvalue weighted by molar-refractivity contribution is 0.546. The molecule has 7 heteroatoms. The number of hydrogen-bond acceptors (Lipinski definition) is 6. The lowest BCUT2D eigenvalue weighted by atomic mass is 10.2. The molecule has 4 aromatic rings. The second kappa shape index (κ2) is 6.12. The molecule has 0 bridgehead atoms. The van der Waals surface area contributed by atoms with E-state index in [-0.39, 0.29) is 23.3 Å². The van der Waals surface area contributed by atoms with E-state index in [4.69, 9.17) is 8.83 Å². The Morgan fingerprint density at radius 2 is 1.88 bits per heavy atom. The molecule has 122 valence electrons. The second-order valence-electron chi connectivity index (χ2n) is 5.19. The molecule has 0 N–H and O–H groups in total. The van der Waals surface area contributed by atoms with Gasteiger partial charge in [0, 0.05) is 11.6 Å². The molecular weight excluding hydrogens is 325 g/mol. The highest BCUT2D eigenvalue weighted by atomic mass is 19.1. The van der Waals surface area contributed by atoms with Gasteiger partial charge in [0.1, 0.15) is 17.0 Å². The number of benzene rings is 2. The Balaban J connectivity index is 1.67. The summed E-state index contributed by atoms with van der Waals surface area (Å²) in [5.41, 5.74) is 0.589. The highest BCUT2D eigenvalue weighted by molar-refractivity contribution is 5.81. The van der Waals surface area contributed by atoms with Crippen LogP contribution in [0.15, 0.2) is 73.2 Å². The van der Waals surface area contributed by atoms with Crippen molar-refractivity contribution < 1.29 is 13.2 Å². The third-order valence-corrected chi connectivity index (χ3v) is 3.46. The van der Waals surface area contributed by atoms with Crippen LogP contribution in [0, 0.1) is 5.82 Å². The van der Waals surface area contributed by atoms with Gasteiger partial charge in [-0.3, -0.25) is 0 Å². The van der Waals surface area contributed by atoms with Gasteiger partial charge in [-0.1, -0.05) is 35.4 Å². The van der Waals surface area contributed by atoms with E-state index in [0.717, 1.165) is 5.39 Å². The van der Waals surface area contributed by atoms with E-state index in [0.29, 0.717) is 11.1 Å². The monoisotopic (exact) mass is 335 g/mol. The number of hydrogen-bond donors (Lipinski definition) is 0. The van der Waals surface area contributed by atoms with Gasteiger partial charge >= 0.3 is 11.6 Å². The summed E-state index contributed by atoms with van der Waals surface area (Å²) in [5, 5.41) is 8.32. The molecule has 0 saturated carbocycles. The number of nitrogens with zero attached hydrogens (tertiary/aromatic N) is 3. The van der Waals surface area contributed by atoms with Crippen molar-refractivity contribution in [3.63, 3.8) is 0 Å². The molecule has 0 spiro atoms. The van der Waals surface area contributed by atoms with Crippen LogP contribution < -0.4 is 5.63 Å². The Morgan fingerprint density at radius 3 is 2.76 bits per heavy atom. The first-order chi connectivity index (χ1) is 12.2. The molecule has 0 atom stereocenters. The van der Waals surface area contributed by atoms with E-state index >= 15 is 0 Å². The molecule has 0 aliphatic rings. The van der Waals surface area contributed by atoms with Gasteiger partial charge in [-0.25, -0.2) is 14.2 Å². The van der Waals surface area contributed by atoms with E-state index in [1.54, 1.807) is 36.4 Å². The summed E-state index contributed by atoms with van der Waals surface area (Å²) in [6.45, 7) is 0. The van der Waals surface area contributed by atoms with Crippen molar-refractivity contribution >= 4 is 23.2 Å². The van der Waals surface area contributed by atoms with Crippen LogP contribution in [0.3, 0.4) is 0 Å². The quantitative estimate of drug-likeness (QED) is 0.421. The van der Waals surface area contributed by atoms with Gasteiger partial charge in [-0.05, 0) is 29.8 Å². The number of rotatable bonds is 3. The lowest BCUT2D eigenvalue weighted by Gasteiger charge is -1.97. The molecular formula is C18H10FN3O3. The Bertz CT molecular complexity index is 1150. The van der Waals surface area contributed by atoms with Gasteiger partial charge in [-0.2, -0.15) is 0 Å². The van der Waals surface area contributed by atoms with Crippen molar-refractivity contribution in [3.05, 3.63) is 76.4 Å². The maximum Gasteiger partial charge on any atom is 0.349 e. The standard InChI is InChI=1S/C18H10FN3O3/c19-13-6-3-4-11(8-13)10-20-18-22-21-16(25-18)14-9-12-5-1-2-7-15(12)24-17(14)23/h1-10H. The van der Waals surface area contributed by atoms with E-state index in [2.05, 4.69) is 15.2 Å². The smallest absolute Gasteiger partial charge is 0.349 e. The van der Waals surface area contributed by atoms with Crippen LogP contribution >= 0.6 is 0 Å². The van der Waals surface area contributed by atoms with Gasteiger partial charge in [-0.15, -0.1) is 5.10 Å². The zero-order valence-corrected chi connectivity index (χ0v) is 12.7. The molecule has 0 amide bonds. The number of para-hydroxylation sites is 1. The minimum Gasteiger partial charge on any atom is -0.422 e. The number of aromatic nitrogens is 2. The maximum absolute atomic E-state index is 13.1. The summed E-state index contributed by atoms with van der Waals surface area (Å²) in [6.07, 6.45) is 1.39. The van der Waals surface area contributed by atoms with Gasteiger partial charge in [0.15, 0.2) is 0 Å². The van der Waals surface area contributed by atoms with E-state index in [1.165, 1.54) is 18.3 Å². The van der Waals surface area contributed by atoms with Crippen molar-refractivity contribution in [3.8, 4) is 11.5 Å². The van der Waals surface area contributed by atoms with Gasteiger partial charge < -0.3 is 8.83 Å². The zero-order chi connectivity index (χ0) is 17.2. The Labute approximate surface area is 140 Å². The Hall–Kier alpha value is -3.61. The van der Waals surface area contributed by atoms with Gasteiger partial charge in [0.2, 0.25) is 0 Å². The zero-order valence-electron chi connectivity index (χ0n) is 12.7. The third kappa shape index (κ3) is 3.07. The fourth-order valence-electron chi connectivity index (χ4n) is 2.30. The predicted octanol–water partition coefficient (Wildman–Crippen LogP) is 3.73. The van der Waals surface area contributed by atoms with Gasteiger partial charge in [0.25, 0.3) is 5.89 Å². The van der Waals surface area contributed by atoms with Crippen LogP contribution in [0.1, 0.15) is 5.56 Å². The largest absolute Gasteiger partial charge is 0.422 e. The molecule has 0 radical (unpaired) electrons. The van der Waals surface area contributed by atoms with Crippen LogP contribution in [0.5, 0.6) is 0 Å². The highest BCUT2D eigenvalue weighted by Crippen LogP contribution is 2.22. The van der Waals surface area contributed by atoms with E-state index in [1.807, 2.05) is 6.07 Å². The summed E-state index contributed by atoms with van der Waals surface area (Å²) in [6, 6.07) is 14.6. The molecule has 0 unspecified atom stereocenters. The van der Waals surface area contributed by atoms with Gasteiger partial charge in [0.05, 0.1) is 0 Å². The average molecular weight is 335 g/mol. The first-order valence-corrected chi connectivity index (χ1v) is 7.35. The van der Waals surface area contributed by atoms with Crippen molar-refractivity contribution in [2.75, 3.05) is 0 Å². The fraction of sp³-hybridized carbons (Fsp3) is 0. The first-order valence-electron chi connectivity index (χ1n) is 7.35. The number of halogens is 1. The Kier molecular flexibility index (Phi) is 3.66. The van der Waals surface area contributed by atoms with Crippen molar-refractivity contribution in [2.45, 2.75) is 0 Å². The summed E-state index contributed by atoms with van der Waals surface area (Å²) < 4.78 is 23.7. The fourth-order valence-corrected chi connectivity index (χ4v) is 2.30. The summed E-state index contributed by atoms with van der Waals surface area (Å²) >= 11 is 0. The molecule has 2 heterocycles. The van der Waals surface area contributed by atoms with Crippen molar-refractivity contribution in [2.24, 2.45) is 4.99 Å². The van der Waals surface area contributed by atoms with Crippen LogP contribution in [-0.4, -0.2) is 16.4 Å². The predicted molar refractivity (Wildman–Crippen MR) is 89.4 cm³/mol. The SMILES string of the molecule is O=c1oc2ccccc2cc1-c1nnc(N=Cc2cccc(F)c2)o1. The molecule has 0 aliphatic heterocycles. The van der Waals surface area contributed by atoms with E-state index < -0.39 is 5.63 Å². The molecule has 0 fully saturated rings. The lowest BCUT2D eigenvalue weighted by Crippen LogP contribution is -2.02. The molecule has 25 heavy (non-hydrogen) atoms. The van der Waals surface area contributed by atoms with Crippen molar-refractivity contribution in [1.29, 1.82) is 0 Å². The molecule has 0 saturated heterocycles. The molecule has 2 aromatic carbocycles. The summed E-state index contributed by atoms with van der Waals surface area (Å²) in [7, 11) is 0. The van der Waals surface area contributed by atoms with Crippen molar-refractivity contribution in [1.82, 2.24) is 10.2 Å². The molecule has 6 nitrogen and oxygen atoms in total. The third-order valence-electron chi connectivity index (χ3n) is 3.46. The summed E-state index contributed by atoms with van der Waals surface area (Å²) in [5.74, 6) is -0.366. The van der Waals surface area contributed by atoms with Crippen LogP contribution in [-0.2, 0) is 0 Å². The van der Waals surface area contributed by atoms with Crippen LogP contribution in [0.4, 0.5) is 10.4 Å². The summed E-state index contributed by atoms with van der Waals surface area (Å²) in [4.78, 5) is 16.1. The van der Waals surface area contributed by atoms with Crippen LogP contribution in [0.25, 0.3) is 22.4 Å². The number of fused-ring (bicyclic) bond motifs is 1. The normalized spacial score (nSPS) is 11.4. The topological polar surface area (TPSA) is 81.5 Å². The molecule has 2 aromatic heterocycles. The molecule has 4 rings (SSSR count). The Morgan fingerprint density at radius 1 is 1.00 bits per heavy atom. The minimum absolute atomic E-state index is 0.00546. The average Bonchev–Trinajstić information content (AvgIpc) is 3.08. The minimum atomic E-state index is -0.581. The number of aliphatic imine (C=N–C) groups is 1. The maximum atomic E-state index is 13.1. The van der Waals surface area contributed by atoms with E-state index in [9.17, 15) is 9.18 Å². The second-order valence-corrected chi connectivity index (χ2v) is 5.19. The van der Waals surface area contributed by atoms with Crippen LogP contribution in [0.2, 0.25) is 0 Å². The first kappa shape index (κ1) is 14.9. The molecule has 0 aliphatic carbocycles.